The molecule has 0 heterocycles. The molecule has 0 radical (unpaired) electrons. The van der Waals surface area contributed by atoms with Crippen LogP contribution in [0.25, 0.3) is 0 Å². The largest absolute Gasteiger partial charge is 0.460 e. The Hall–Kier alpha value is -0.870. The number of carbonyl (C=O) groups excluding carboxylic acids is 1. The van der Waals surface area contributed by atoms with Crippen LogP contribution >= 0.6 is 0 Å². The predicted molar refractivity (Wildman–Crippen MR) is 33.3 cm³/mol. The standard InChI is InChI=1S/C5H8O3.H3N/c1-2-5(7)8-4-3-6;/h2,6H,1,3-4H2;1H3. The van der Waals surface area contributed by atoms with Gasteiger partial charge in [-0.1, -0.05) is 6.58 Å². The van der Waals surface area contributed by atoms with Gasteiger partial charge in [0.1, 0.15) is 6.61 Å². The molecule has 0 aliphatic carbocycles. The fourth-order valence-electron chi connectivity index (χ4n) is 0.205. The Labute approximate surface area is 53.7 Å². The van der Waals surface area contributed by atoms with E-state index in [-0.39, 0.29) is 19.4 Å². The third-order valence-corrected chi connectivity index (χ3v) is 0.502. The van der Waals surface area contributed by atoms with E-state index in [0.29, 0.717) is 0 Å². The highest BCUT2D eigenvalue weighted by atomic mass is 16.5. The maximum atomic E-state index is 10.1. The summed E-state index contributed by atoms with van der Waals surface area (Å²) < 4.78 is 4.33. The zero-order chi connectivity index (χ0) is 6.41. The number of hydrogen-bond acceptors (Lipinski definition) is 4. The van der Waals surface area contributed by atoms with Crippen LogP contribution in [0.5, 0.6) is 0 Å². The van der Waals surface area contributed by atoms with Crippen molar-refractivity contribution in [1.82, 2.24) is 6.15 Å². The lowest BCUT2D eigenvalue weighted by atomic mass is 10.6. The summed E-state index contributed by atoms with van der Waals surface area (Å²) in [5.74, 6) is -0.501. The smallest absolute Gasteiger partial charge is 0.330 e. The van der Waals surface area contributed by atoms with Crippen LogP contribution in [-0.4, -0.2) is 24.3 Å². The molecule has 0 aliphatic heterocycles. The monoisotopic (exact) mass is 133 g/mol. The Bertz CT molecular complexity index is 92.2. The molecular formula is C5H11NO3. The van der Waals surface area contributed by atoms with E-state index >= 15 is 0 Å². The van der Waals surface area contributed by atoms with Gasteiger partial charge in [0, 0.05) is 6.08 Å². The molecule has 0 atom stereocenters. The number of ether oxygens (including phenoxy) is 1. The van der Waals surface area contributed by atoms with Crippen molar-refractivity contribution in [3.05, 3.63) is 12.7 Å². The molecule has 0 fully saturated rings. The topological polar surface area (TPSA) is 81.5 Å². The Kier molecular flexibility index (Phi) is 8.71. The van der Waals surface area contributed by atoms with E-state index in [2.05, 4.69) is 11.3 Å². The number of rotatable bonds is 3. The highest BCUT2D eigenvalue weighted by Crippen LogP contribution is 1.75. The minimum atomic E-state index is -0.501. The lowest BCUT2D eigenvalue weighted by molar-refractivity contribution is -0.138. The van der Waals surface area contributed by atoms with Crippen LogP contribution in [-0.2, 0) is 9.53 Å². The van der Waals surface area contributed by atoms with Crippen LogP contribution in [0, 0.1) is 0 Å². The van der Waals surface area contributed by atoms with E-state index in [1.807, 2.05) is 0 Å². The minimum absolute atomic E-state index is 0. The van der Waals surface area contributed by atoms with Gasteiger partial charge in [0.15, 0.2) is 0 Å². The van der Waals surface area contributed by atoms with Gasteiger partial charge in [-0.15, -0.1) is 0 Å². The number of aliphatic hydroxyl groups excluding tert-OH is 1. The third-order valence-electron chi connectivity index (χ3n) is 0.502. The maximum absolute atomic E-state index is 10.1. The van der Waals surface area contributed by atoms with E-state index in [1.165, 1.54) is 0 Å². The van der Waals surface area contributed by atoms with Crippen LogP contribution < -0.4 is 6.15 Å². The van der Waals surface area contributed by atoms with Gasteiger partial charge in [-0.05, 0) is 0 Å². The molecule has 0 saturated heterocycles. The van der Waals surface area contributed by atoms with Gasteiger partial charge in [0.25, 0.3) is 0 Å². The summed E-state index contributed by atoms with van der Waals surface area (Å²) in [5.41, 5.74) is 0. The molecular weight excluding hydrogens is 122 g/mol. The lowest BCUT2D eigenvalue weighted by Crippen LogP contribution is -2.04. The first-order chi connectivity index (χ1) is 3.81. The predicted octanol–water partition coefficient (Wildman–Crippen LogP) is -0.130. The first-order valence-corrected chi connectivity index (χ1v) is 2.21. The van der Waals surface area contributed by atoms with Crippen LogP contribution in [0.3, 0.4) is 0 Å². The quantitative estimate of drug-likeness (QED) is 0.415. The van der Waals surface area contributed by atoms with Crippen molar-refractivity contribution in [2.75, 3.05) is 13.2 Å². The van der Waals surface area contributed by atoms with E-state index < -0.39 is 5.97 Å². The molecule has 0 bridgehead atoms. The second kappa shape index (κ2) is 7.13. The summed E-state index contributed by atoms with van der Waals surface area (Å²) in [7, 11) is 0. The van der Waals surface area contributed by atoms with Crippen molar-refractivity contribution in [2.24, 2.45) is 0 Å². The Morgan fingerprint density at radius 1 is 1.78 bits per heavy atom. The maximum Gasteiger partial charge on any atom is 0.330 e. The summed E-state index contributed by atoms with van der Waals surface area (Å²) in [6.07, 6.45) is 1.05. The van der Waals surface area contributed by atoms with Crippen molar-refractivity contribution < 1.29 is 14.6 Å². The van der Waals surface area contributed by atoms with Crippen LogP contribution in [0.2, 0.25) is 0 Å². The number of carbonyl (C=O) groups is 1. The average Bonchev–Trinajstić information content (AvgIpc) is 1.83. The molecule has 0 unspecified atom stereocenters. The Balaban J connectivity index is 0. The molecule has 4 N–H and O–H groups in total. The first-order valence-electron chi connectivity index (χ1n) is 2.21. The lowest BCUT2D eigenvalue weighted by Gasteiger charge is -1.94. The van der Waals surface area contributed by atoms with Gasteiger partial charge in [-0.3, -0.25) is 0 Å². The molecule has 0 aromatic heterocycles. The fraction of sp³-hybridized carbons (Fsp3) is 0.400. The molecule has 0 aromatic carbocycles. The van der Waals surface area contributed by atoms with Gasteiger partial charge in [-0.25, -0.2) is 4.79 Å². The van der Waals surface area contributed by atoms with E-state index in [9.17, 15) is 4.79 Å². The number of aliphatic hydroxyl groups is 1. The summed E-state index contributed by atoms with van der Waals surface area (Å²) in [5, 5.41) is 8.10. The van der Waals surface area contributed by atoms with Crippen molar-refractivity contribution >= 4 is 5.97 Å². The summed E-state index contributed by atoms with van der Waals surface area (Å²) in [6.45, 7) is 3.06. The second-order valence-electron chi connectivity index (χ2n) is 1.10. The summed E-state index contributed by atoms with van der Waals surface area (Å²) >= 11 is 0. The molecule has 0 saturated carbocycles. The van der Waals surface area contributed by atoms with Gasteiger partial charge in [0.05, 0.1) is 6.61 Å². The molecule has 0 aliphatic rings. The Morgan fingerprint density at radius 3 is 2.67 bits per heavy atom. The van der Waals surface area contributed by atoms with Crippen molar-refractivity contribution in [1.29, 1.82) is 0 Å². The van der Waals surface area contributed by atoms with E-state index in [1.54, 1.807) is 0 Å². The van der Waals surface area contributed by atoms with Crippen LogP contribution in [0.4, 0.5) is 0 Å². The molecule has 4 nitrogen and oxygen atoms in total. The Morgan fingerprint density at radius 2 is 2.33 bits per heavy atom. The normalized spacial score (nSPS) is 7.22. The first kappa shape index (κ1) is 11.0. The summed E-state index contributed by atoms with van der Waals surface area (Å²) in [4.78, 5) is 10.1. The number of hydrogen-bond donors (Lipinski definition) is 2. The fourth-order valence-corrected chi connectivity index (χ4v) is 0.205. The molecule has 0 amide bonds. The molecule has 0 spiro atoms. The van der Waals surface area contributed by atoms with Crippen molar-refractivity contribution in [3.63, 3.8) is 0 Å². The number of esters is 1. The second-order valence-corrected chi connectivity index (χ2v) is 1.10. The van der Waals surface area contributed by atoms with Gasteiger partial charge in [0.2, 0.25) is 0 Å². The van der Waals surface area contributed by atoms with Gasteiger partial charge < -0.3 is 16.0 Å². The molecule has 4 heteroatoms. The van der Waals surface area contributed by atoms with Crippen LogP contribution in [0.15, 0.2) is 12.7 Å². The van der Waals surface area contributed by atoms with Crippen molar-refractivity contribution in [3.8, 4) is 0 Å². The van der Waals surface area contributed by atoms with Gasteiger partial charge in [-0.2, -0.15) is 0 Å². The SMILES string of the molecule is C=CC(=O)OCCO.N. The third kappa shape index (κ3) is 7.13. The average molecular weight is 133 g/mol. The van der Waals surface area contributed by atoms with Gasteiger partial charge >= 0.3 is 5.97 Å². The zero-order valence-corrected chi connectivity index (χ0v) is 5.17. The van der Waals surface area contributed by atoms with E-state index in [4.69, 9.17) is 5.11 Å². The molecule has 0 rings (SSSR count). The van der Waals surface area contributed by atoms with Crippen molar-refractivity contribution in [2.45, 2.75) is 0 Å². The van der Waals surface area contributed by atoms with E-state index in [0.717, 1.165) is 6.08 Å². The molecule has 0 aromatic rings. The highest BCUT2D eigenvalue weighted by molar-refractivity contribution is 5.81. The van der Waals surface area contributed by atoms with Crippen LogP contribution in [0.1, 0.15) is 0 Å². The summed E-state index contributed by atoms with van der Waals surface area (Å²) in [6, 6.07) is 0. The minimum Gasteiger partial charge on any atom is -0.460 e. The molecule has 54 valence electrons. The highest BCUT2D eigenvalue weighted by Gasteiger charge is 1.90. The zero-order valence-electron chi connectivity index (χ0n) is 5.17. The molecule has 9 heavy (non-hydrogen) atoms.